The molecule has 0 aliphatic heterocycles. The Balaban J connectivity index is 1.82. The van der Waals surface area contributed by atoms with Gasteiger partial charge < -0.3 is 0 Å². The molecule has 0 fully saturated rings. The zero-order valence-electron chi connectivity index (χ0n) is 13.0. The predicted molar refractivity (Wildman–Crippen MR) is 93.3 cm³/mol. The molecule has 2 aromatic carbocycles. The van der Waals surface area contributed by atoms with E-state index in [2.05, 4.69) is 12.2 Å². The van der Waals surface area contributed by atoms with E-state index in [4.69, 9.17) is 0 Å². The van der Waals surface area contributed by atoms with E-state index < -0.39 is 0 Å². The number of hydrogen-bond donors (Lipinski definition) is 0. The fraction of sp³-hybridized carbons (Fsp3) is 0.0909. The monoisotopic (exact) mass is 310 g/mol. The molecule has 0 atom stereocenters. The molecule has 3 aliphatic carbocycles. The van der Waals surface area contributed by atoms with Crippen LogP contribution in [0.25, 0.3) is 12.2 Å². The molecule has 2 nitrogen and oxygen atoms in total. The molecule has 5 rings (SSSR count). The third-order valence-electron chi connectivity index (χ3n) is 5.01. The molecule has 0 unspecified atom stereocenters. The van der Waals surface area contributed by atoms with Gasteiger partial charge in [0.25, 0.3) is 0 Å². The highest BCUT2D eigenvalue weighted by atomic mass is 16.1. The second-order valence-electron chi connectivity index (χ2n) is 6.44. The van der Waals surface area contributed by atoms with Gasteiger partial charge in [-0.3, -0.25) is 9.59 Å². The molecule has 24 heavy (non-hydrogen) atoms. The van der Waals surface area contributed by atoms with Crippen molar-refractivity contribution in [3.05, 3.63) is 92.4 Å². The summed E-state index contributed by atoms with van der Waals surface area (Å²) in [7, 11) is 0. The summed E-state index contributed by atoms with van der Waals surface area (Å²) in [6.45, 7) is 0. The summed E-state index contributed by atoms with van der Waals surface area (Å²) >= 11 is 0. The smallest absolute Gasteiger partial charge is 0.194 e. The molecule has 0 heterocycles. The van der Waals surface area contributed by atoms with Gasteiger partial charge in [-0.05, 0) is 52.6 Å². The van der Waals surface area contributed by atoms with E-state index in [1.165, 1.54) is 0 Å². The first-order chi connectivity index (χ1) is 11.7. The van der Waals surface area contributed by atoms with Crippen LogP contribution in [0.15, 0.2) is 59.7 Å². The maximum absolute atomic E-state index is 12.8. The standard InChI is InChI=1S/C22H14O2/c23-21-17-7-3-1-5-13(17)9-15-11-20-16(12-19(15)21)10-14-6-2-4-8-18(14)22(20)24/h1,3-5,7-12H,2,6H2. The summed E-state index contributed by atoms with van der Waals surface area (Å²) in [4.78, 5) is 25.7. The van der Waals surface area contributed by atoms with Crippen LogP contribution < -0.4 is 10.4 Å². The van der Waals surface area contributed by atoms with E-state index in [0.29, 0.717) is 11.1 Å². The lowest BCUT2D eigenvalue weighted by Gasteiger charge is -2.19. The topological polar surface area (TPSA) is 34.1 Å². The predicted octanol–water partition coefficient (Wildman–Crippen LogP) is 2.68. The molecule has 114 valence electrons. The fourth-order valence-electron chi connectivity index (χ4n) is 3.79. The Morgan fingerprint density at radius 3 is 2.42 bits per heavy atom. The van der Waals surface area contributed by atoms with Crippen molar-refractivity contribution in [3.63, 3.8) is 0 Å². The minimum Gasteiger partial charge on any atom is -0.289 e. The van der Waals surface area contributed by atoms with E-state index in [1.54, 1.807) is 0 Å². The molecule has 0 saturated carbocycles. The van der Waals surface area contributed by atoms with Gasteiger partial charge in [0.15, 0.2) is 11.6 Å². The number of Topliss-reactive ketones (excluding diaryl/α,β-unsaturated/α-hetero) is 1. The van der Waals surface area contributed by atoms with Crippen LogP contribution in [0, 0.1) is 0 Å². The van der Waals surface area contributed by atoms with Crippen LogP contribution >= 0.6 is 0 Å². The Morgan fingerprint density at radius 2 is 1.54 bits per heavy atom. The van der Waals surface area contributed by atoms with Crippen molar-refractivity contribution in [1.82, 2.24) is 0 Å². The highest BCUT2D eigenvalue weighted by Gasteiger charge is 2.24. The van der Waals surface area contributed by atoms with Crippen LogP contribution in [-0.4, -0.2) is 11.6 Å². The van der Waals surface area contributed by atoms with Crippen LogP contribution in [0.3, 0.4) is 0 Å². The van der Waals surface area contributed by atoms with Crippen molar-refractivity contribution >= 4 is 23.7 Å². The molecule has 0 aromatic heterocycles. The first kappa shape index (κ1) is 13.4. The summed E-state index contributed by atoms with van der Waals surface area (Å²) in [5.41, 5.74) is 4.92. The maximum atomic E-state index is 12.8. The average molecular weight is 310 g/mol. The molecular weight excluding hydrogens is 296 g/mol. The zero-order valence-corrected chi connectivity index (χ0v) is 13.0. The van der Waals surface area contributed by atoms with Crippen molar-refractivity contribution in [2.75, 3.05) is 0 Å². The van der Waals surface area contributed by atoms with Crippen LogP contribution in [0.4, 0.5) is 0 Å². The summed E-state index contributed by atoms with van der Waals surface area (Å²) in [6.07, 6.45) is 9.91. The van der Waals surface area contributed by atoms with Crippen LogP contribution in [-0.2, 0) is 0 Å². The van der Waals surface area contributed by atoms with Crippen molar-refractivity contribution in [2.45, 2.75) is 12.8 Å². The number of hydrogen-bond acceptors (Lipinski definition) is 2. The highest BCUT2D eigenvalue weighted by molar-refractivity contribution is 6.16. The van der Waals surface area contributed by atoms with E-state index >= 15 is 0 Å². The van der Waals surface area contributed by atoms with Gasteiger partial charge in [0.2, 0.25) is 0 Å². The number of allylic oxidation sites excluding steroid dienone is 4. The largest absolute Gasteiger partial charge is 0.289 e. The van der Waals surface area contributed by atoms with Crippen molar-refractivity contribution in [1.29, 1.82) is 0 Å². The van der Waals surface area contributed by atoms with Gasteiger partial charge in [0, 0.05) is 22.3 Å². The summed E-state index contributed by atoms with van der Waals surface area (Å²) in [5.74, 6) is 0.107. The Labute approximate surface area is 139 Å². The molecule has 0 spiro atoms. The molecule has 0 N–H and O–H groups in total. The lowest BCUT2D eigenvalue weighted by atomic mass is 9.83. The number of fused-ring (bicyclic) bond motifs is 3. The van der Waals surface area contributed by atoms with Gasteiger partial charge in [0.1, 0.15) is 0 Å². The molecule has 3 aliphatic rings. The van der Waals surface area contributed by atoms with Gasteiger partial charge in [-0.25, -0.2) is 0 Å². The fourth-order valence-corrected chi connectivity index (χ4v) is 3.79. The normalized spacial score (nSPS) is 17.3. The third kappa shape index (κ3) is 1.77. The SMILES string of the molecule is O=C1C2=C(C=c3cc4c(cc31)=Cc1ccccc1C4=O)CCC=C2. The van der Waals surface area contributed by atoms with Crippen LogP contribution in [0.2, 0.25) is 0 Å². The molecule has 0 saturated heterocycles. The summed E-state index contributed by atoms with van der Waals surface area (Å²) in [6, 6.07) is 11.4. The number of carbonyl (C=O) groups is 2. The number of ketones is 2. The van der Waals surface area contributed by atoms with Crippen LogP contribution in [0.1, 0.15) is 44.7 Å². The first-order valence-electron chi connectivity index (χ1n) is 8.18. The van der Waals surface area contributed by atoms with E-state index in [0.717, 1.165) is 45.6 Å². The van der Waals surface area contributed by atoms with E-state index in [-0.39, 0.29) is 11.6 Å². The van der Waals surface area contributed by atoms with Crippen LogP contribution in [0.5, 0.6) is 0 Å². The Hall–Kier alpha value is -3.00. The molecular formula is C22H14O2. The molecule has 0 bridgehead atoms. The minimum absolute atomic E-state index is 0.0371. The molecule has 0 radical (unpaired) electrons. The molecule has 2 heteroatoms. The van der Waals surface area contributed by atoms with Crippen molar-refractivity contribution < 1.29 is 9.59 Å². The lowest BCUT2D eigenvalue weighted by molar-refractivity contribution is 0.102. The molecule has 2 aromatic rings. The van der Waals surface area contributed by atoms with Crippen molar-refractivity contribution in [3.8, 4) is 0 Å². The number of benzene rings is 2. The van der Waals surface area contributed by atoms with Gasteiger partial charge in [-0.15, -0.1) is 0 Å². The van der Waals surface area contributed by atoms with E-state index in [1.807, 2.05) is 48.6 Å². The summed E-state index contributed by atoms with van der Waals surface area (Å²) in [5, 5.41) is 1.71. The van der Waals surface area contributed by atoms with E-state index in [9.17, 15) is 9.59 Å². The summed E-state index contributed by atoms with van der Waals surface area (Å²) < 4.78 is 0. The van der Waals surface area contributed by atoms with Gasteiger partial charge in [-0.1, -0.05) is 42.5 Å². The Bertz CT molecular complexity index is 1130. The average Bonchev–Trinajstić information content (AvgIpc) is 2.62. The highest BCUT2D eigenvalue weighted by Crippen LogP contribution is 2.26. The zero-order chi connectivity index (χ0) is 16.3. The second-order valence-corrected chi connectivity index (χ2v) is 6.44. The first-order valence-corrected chi connectivity index (χ1v) is 8.18. The van der Waals surface area contributed by atoms with Gasteiger partial charge in [0.05, 0.1) is 0 Å². The lowest BCUT2D eigenvalue weighted by Crippen LogP contribution is -2.31. The van der Waals surface area contributed by atoms with Gasteiger partial charge >= 0.3 is 0 Å². The quantitative estimate of drug-likeness (QED) is 0.640. The molecule has 0 amide bonds. The minimum atomic E-state index is 0.0371. The Morgan fingerprint density at radius 1 is 0.792 bits per heavy atom. The number of rotatable bonds is 0. The third-order valence-corrected chi connectivity index (χ3v) is 5.01. The van der Waals surface area contributed by atoms with Crippen molar-refractivity contribution in [2.24, 2.45) is 0 Å². The maximum Gasteiger partial charge on any atom is 0.194 e. The van der Waals surface area contributed by atoms with Gasteiger partial charge in [-0.2, -0.15) is 0 Å². The number of carbonyl (C=O) groups excluding carboxylic acids is 2. The second kappa shape index (κ2) is 4.75. The Kier molecular flexibility index (Phi) is 2.66.